The zero-order chi connectivity index (χ0) is 16.4. The highest BCUT2D eigenvalue weighted by Crippen LogP contribution is 2.40. The first-order valence-electron chi connectivity index (χ1n) is 8.04. The Morgan fingerprint density at radius 1 is 1.13 bits per heavy atom. The maximum absolute atomic E-state index is 12.4. The van der Waals surface area contributed by atoms with E-state index in [-0.39, 0.29) is 23.7 Å². The zero-order valence-electron chi connectivity index (χ0n) is 13.3. The standard InChI is InChI=1S/C17H22ClN3O2/c1-20-6-8-21(9-7-20)17(23)15-10-14(15)16(22)19-11-12-2-4-13(18)5-3-12/h2-5,14-15H,6-11H2,1H3,(H,19,22). The first-order valence-corrected chi connectivity index (χ1v) is 8.42. The van der Waals surface area contributed by atoms with Crippen LogP contribution >= 0.6 is 11.6 Å². The number of amides is 2. The van der Waals surface area contributed by atoms with Gasteiger partial charge in [-0.2, -0.15) is 0 Å². The zero-order valence-corrected chi connectivity index (χ0v) is 14.1. The third-order valence-corrected chi connectivity index (χ3v) is 4.89. The number of hydrogen-bond acceptors (Lipinski definition) is 3. The van der Waals surface area contributed by atoms with E-state index in [0.717, 1.165) is 31.7 Å². The van der Waals surface area contributed by atoms with Gasteiger partial charge in [0.25, 0.3) is 0 Å². The molecule has 1 aliphatic heterocycles. The molecule has 1 saturated carbocycles. The normalized spacial score (nSPS) is 24.3. The minimum absolute atomic E-state index is 0.0209. The second-order valence-electron chi connectivity index (χ2n) is 6.42. The number of piperazine rings is 1. The molecule has 0 bridgehead atoms. The number of carbonyl (C=O) groups excluding carboxylic acids is 2. The van der Waals surface area contributed by atoms with Gasteiger partial charge in [-0.25, -0.2) is 0 Å². The molecule has 0 aromatic heterocycles. The van der Waals surface area contributed by atoms with Crippen molar-refractivity contribution in [1.82, 2.24) is 15.1 Å². The highest BCUT2D eigenvalue weighted by Gasteiger charge is 2.49. The van der Waals surface area contributed by atoms with Crippen LogP contribution in [0.2, 0.25) is 5.02 Å². The summed E-state index contributed by atoms with van der Waals surface area (Å²) in [6, 6.07) is 7.39. The number of hydrogen-bond donors (Lipinski definition) is 1. The first kappa shape index (κ1) is 16.3. The molecule has 23 heavy (non-hydrogen) atoms. The van der Waals surface area contributed by atoms with Crippen molar-refractivity contribution in [2.24, 2.45) is 11.8 Å². The van der Waals surface area contributed by atoms with E-state index in [2.05, 4.69) is 17.3 Å². The number of rotatable bonds is 4. The van der Waals surface area contributed by atoms with Gasteiger partial charge in [-0.1, -0.05) is 23.7 Å². The molecular weight excluding hydrogens is 314 g/mol. The fourth-order valence-electron chi connectivity index (χ4n) is 2.94. The Labute approximate surface area is 141 Å². The molecule has 2 amide bonds. The van der Waals surface area contributed by atoms with Crippen LogP contribution < -0.4 is 5.32 Å². The molecule has 2 atom stereocenters. The number of likely N-dealkylation sites (N-methyl/N-ethyl adjacent to an activating group) is 1. The molecule has 1 heterocycles. The Bertz CT molecular complexity index is 582. The van der Waals surface area contributed by atoms with Crippen molar-refractivity contribution in [2.45, 2.75) is 13.0 Å². The summed E-state index contributed by atoms with van der Waals surface area (Å²) in [5.74, 6) is -0.157. The van der Waals surface area contributed by atoms with Crippen LogP contribution in [0.3, 0.4) is 0 Å². The Morgan fingerprint density at radius 3 is 2.43 bits per heavy atom. The van der Waals surface area contributed by atoms with Crippen molar-refractivity contribution in [3.8, 4) is 0 Å². The van der Waals surface area contributed by atoms with Crippen LogP contribution in [0.25, 0.3) is 0 Å². The van der Waals surface area contributed by atoms with Gasteiger partial charge >= 0.3 is 0 Å². The number of nitrogens with zero attached hydrogens (tertiary/aromatic N) is 2. The molecule has 3 rings (SSSR count). The summed E-state index contributed by atoms with van der Waals surface area (Å²) in [6.45, 7) is 3.83. The first-order chi connectivity index (χ1) is 11.0. The highest BCUT2D eigenvalue weighted by molar-refractivity contribution is 6.30. The van der Waals surface area contributed by atoms with Crippen LogP contribution in [0.1, 0.15) is 12.0 Å². The Morgan fingerprint density at radius 2 is 1.78 bits per heavy atom. The van der Waals surface area contributed by atoms with Crippen molar-refractivity contribution in [3.05, 3.63) is 34.9 Å². The second-order valence-corrected chi connectivity index (χ2v) is 6.86. The fourth-order valence-corrected chi connectivity index (χ4v) is 3.07. The lowest BCUT2D eigenvalue weighted by molar-refractivity contribution is -0.136. The van der Waals surface area contributed by atoms with Crippen LogP contribution in [0.15, 0.2) is 24.3 Å². The fraction of sp³-hybridized carbons (Fsp3) is 0.529. The molecule has 1 N–H and O–H groups in total. The van der Waals surface area contributed by atoms with Gasteiger partial charge < -0.3 is 15.1 Å². The van der Waals surface area contributed by atoms with E-state index in [1.165, 1.54) is 0 Å². The average molecular weight is 336 g/mol. The van der Waals surface area contributed by atoms with E-state index in [4.69, 9.17) is 11.6 Å². The molecule has 0 spiro atoms. The lowest BCUT2D eigenvalue weighted by atomic mass is 10.2. The van der Waals surface area contributed by atoms with E-state index in [0.29, 0.717) is 18.0 Å². The minimum atomic E-state index is -0.158. The van der Waals surface area contributed by atoms with Crippen LogP contribution in [0, 0.1) is 11.8 Å². The van der Waals surface area contributed by atoms with Crippen molar-refractivity contribution < 1.29 is 9.59 Å². The molecule has 124 valence electrons. The molecule has 0 radical (unpaired) electrons. The average Bonchev–Trinajstić information content (AvgIpc) is 3.35. The van der Waals surface area contributed by atoms with E-state index in [1.807, 2.05) is 17.0 Å². The molecule has 1 saturated heterocycles. The van der Waals surface area contributed by atoms with Crippen molar-refractivity contribution in [2.75, 3.05) is 33.2 Å². The summed E-state index contributed by atoms with van der Waals surface area (Å²) in [6.07, 6.45) is 0.678. The number of nitrogens with one attached hydrogen (secondary N) is 1. The lowest BCUT2D eigenvalue weighted by Crippen LogP contribution is -2.48. The molecule has 2 fully saturated rings. The number of carbonyl (C=O) groups is 2. The summed E-state index contributed by atoms with van der Waals surface area (Å²) in [7, 11) is 2.06. The molecule has 1 aromatic rings. The summed E-state index contributed by atoms with van der Waals surface area (Å²) in [4.78, 5) is 28.7. The third kappa shape index (κ3) is 4.03. The Hall–Kier alpha value is -1.59. The smallest absolute Gasteiger partial charge is 0.226 e. The van der Waals surface area contributed by atoms with E-state index < -0.39 is 0 Å². The summed E-state index contributed by atoms with van der Waals surface area (Å²) >= 11 is 5.84. The second kappa shape index (κ2) is 6.89. The van der Waals surface area contributed by atoms with Gasteiger partial charge in [0.2, 0.25) is 11.8 Å². The van der Waals surface area contributed by atoms with E-state index in [9.17, 15) is 9.59 Å². The van der Waals surface area contributed by atoms with Crippen LogP contribution in [0.5, 0.6) is 0 Å². The molecular formula is C17H22ClN3O2. The molecule has 2 unspecified atom stereocenters. The van der Waals surface area contributed by atoms with Crippen molar-refractivity contribution in [3.63, 3.8) is 0 Å². The quantitative estimate of drug-likeness (QED) is 0.904. The molecule has 5 nitrogen and oxygen atoms in total. The maximum atomic E-state index is 12.4. The lowest BCUT2D eigenvalue weighted by Gasteiger charge is -2.32. The maximum Gasteiger partial charge on any atom is 0.226 e. The van der Waals surface area contributed by atoms with Gasteiger partial charge in [0.05, 0.1) is 11.8 Å². The van der Waals surface area contributed by atoms with Gasteiger partial charge in [0.1, 0.15) is 0 Å². The van der Waals surface area contributed by atoms with Crippen molar-refractivity contribution in [1.29, 1.82) is 0 Å². The van der Waals surface area contributed by atoms with Gasteiger partial charge in [0, 0.05) is 37.7 Å². The van der Waals surface area contributed by atoms with E-state index >= 15 is 0 Å². The predicted molar refractivity (Wildman–Crippen MR) is 89.0 cm³/mol. The largest absolute Gasteiger partial charge is 0.352 e. The summed E-state index contributed by atoms with van der Waals surface area (Å²) in [5.41, 5.74) is 1.00. The summed E-state index contributed by atoms with van der Waals surface area (Å²) in [5, 5.41) is 3.59. The number of benzene rings is 1. The van der Waals surface area contributed by atoms with Gasteiger partial charge in [-0.3, -0.25) is 9.59 Å². The van der Waals surface area contributed by atoms with Crippen LogP contribution in [-0.4, -0.2) is 54.8 Å². The van der Waals surface area contributed by atoms with Gasteiger partial charge in [0.15, 0.2) is 0 Å². The van der Waals surface area contributed by atoms with Crippen LogP contribution in [-0.2, 0) is 16.1 Å². The highest BCUT2D eigenvalue weighted by atomic mass is 35.5. The Kier molecular flexibility index (Phi) is 4.87. The third-order valence-electron chi connectivity index (χ3n) is 4.64. The van der Waals surface area contributed by atoms with Gasteiger partial charge in [-0.15, -0.1) is 0 Å². The van der Waals surface area contributed by atoms with Gasteiger partial charge in [-0.05, 0) is 31.2 Å². The molecule has 6 heteroatoms. The minimum Gasteiger partial charge on any atom is -0.352 e. The topological polar surface area (TPSA) is 52.7 Å². The molecule has 2 aliphatic rings. The predicted octanol–water partition coefficient (Wildman–Crippen LogP) is 1.37. The summed E-state index contributed by atoms with van der Waals surface area (Å²) < 4.78 is 0. The SMILES string of the molecule is CN1CCN(C(=O)C2CC2C(=O)NCc2ccc(Cl)cc2)CC1. The molecule has 1 aliphatic carbocycles. The Balaban J connectivity index is 1.45. The molecule has 1 aromatic carbocycles. The number of halogens is 1. The van der Waals surface area contributed by atoms with Crippen molar-refractivity contribution >= 4 is 23.4 Å². The monoisotopic (exact) mass is 335 g/mol. The van der Waals surface area contributed by atoms with Crippen LogP contribution in [0.4, 0.5) is 0 Å². The van der Waals surface area contributed by atoms with E-state index in [1.54, 1.807) is 12.1 Å².